The van der Waals surface area contributed by atoms with Crippen LogP contribution in [0.25, 0.3) is 22.9 Å². The second-order valence-corrected chi connectivity index (χ2v) is 7.10. The molecule has 0 bridgehead atoms. The number of nitrogens with one attached hydrogen (secondary N) is 1. The number of thioether (sulfide) groups is 1. The van der Waals surface area contributed by atoms with E-state index >= 15 is 0 Å². The first-order valence-corrected chi connectivity index (χ1v) is 10.1. The predicted molar refractivity (Wildman–Crippen MR) is 111 cm³/mol. The molecule has 8 nitrogen and oxygen atoms in total. The molecule has 0 unspecified atom stereocenters. The molecule has 0 atom stereocenters. The first-order chi connectivity index (χ1) is 14.7. The summed E-state index contributed by atoms with van der Waals surface area (Å²) in [4.78, 5) is 16.7. The predicted octanol–water partition coefficient (Wildman–Crippen LogP) is 3.81. The number of carbonyl (C=O) groups excluding carboxylic acids is 1. The van der Waals surface area contributed by atoms with Crippen LogP contribution in [0.3, 0.4) is 0 Å². The third kappa shape index (κ3) is 4.69. The van der Waals surface area contributed by atoms with Crippen molar-refractivity contribution in [1.82, 2.24) is 20.5 Å². The number of carbonyl (C=O) groups is 1. The lowest BCUT2D eigenvalue weighted by molar-refractivity contribution is -0.118. The standard InChI is InChI=1S/C21H18N4O4S/c1-27-15-8-6-14(7-9-15)12-22-18(26)13-30-21-23-19(16-4-2-10-28-16)20(24-25-21)17-5-3-11-29-17/h2-11H,12-13H2,1H3,(H,22,26). The number of amides is 1. The van der Waals surface area contributed by atoms with Gasteiger partial charge in [-0.1, -0.05) is 23.9 Å². The van der Waals surface area contributed by atoms with Gasteiger partial charge in [-0.3, -0.25) is 4.79 Å². The maximum absolute atomic E-state index is 12.2. The zero-order chi connectivity index (χ0) is 20.8. The van der Waals surface area contributed by atoms with Gasteiger partial charge in [-0.25, -0.2) is 4.98 Å². The number of rotatable bonds is 8. The average molecular weight is 422 g/mol. The van der Waals surface area contributed by atoms with Gasteiger partial charge >= 0.3 is 0 Å². The van der Waals surface area contributed by atoms with Crippen LogP contribution in [0.4, 0.5) is 0 Å². The fourth-order valence-electron chi connectivity index (χ4n) is 2.66. The summed E-state index contributed by atoms with van der Waals surface area (Å²) in [5.74, 6) is 1.89. The van der Waals surface area contributed by atoms with Crippen LogP contribution >= 0.6 is 11.8 Å². The third-order valence-corrected chi connectivity index (χ3v) is 5.00. The molecule has 4 aromatic rings. The summed E-state index contributed by atoms with van der Waals surface area (Å²) >= 11 is 1.20. The van der Waals surface area contributed by atoms with Crippen molar-refractivity contribution in [1.29, 1.82) is 0 Å². The van der Waals surface area contributed by atoms with E-state index in [4.69, 9.17) is 13.6 Å². The Kier molecular flexibility index (Phi) is 6.09. The van der Waals surface area contributed by atoms with Crippen molar-refractivity contribution in [2.45, 2.75) is 11.7 Å². The SMILES string of the molecule is COc1ccc(CNC(=O)CSc2nnc(-c3ccco3)c(-c3ccco3)n2)cc1. The molecule has 0 spiro atoms. The van der Waals surface area contributed by atoms with E-state index in [-0.39, 0.29) is 11.7 Å². The van der Waals surface area contributed by atoms with Gasteiger partial charge in [-0.05, 0) is 42.0 Å². The molecular formula is C21H18N4O4S. The highest BCUT2D eigenvalue weighted by Crippen LogP contribution is 2.30. The van der Waals surface area contributed by atoms with E-state index in [1.54, 1.807) is 43.9 Å². The van der Waals surface area contributed by atoms with Gasteiger partial charge in [-0.2, -0.15) is 0 Å². The maximum atomic E-state index is 12.2. The quantitative estimate of drug-likeness (QED) is 0.428. The van der Waals surface area contributed by atoms with E-state index in [2.05, 4.69) is 20.5 Å². The van der Waals surface area contributed by atoms with Gasteiger partial charge in [0.15, 0.2) is 17.2 Å². The molecule has 0 aliphatic heterocycles. The largest absolute Gasteiger partial charge is 0.497 e. The van der Waals surface area contributed by atoms with E-state index < -0.39 is 0 Å². The van der Waals surface area contributed by atoms with Crippen molar-refractivity contribution >= 4 is 17.7 Å². The van der Waals surface area contributed by atoms with Crippen LogP contribution in [0, 0.1) is 0 Å². The number of aromatic nitrogens is 3. The Hall–Kier alpha value is -3.59. The summed E-state index contributed by atoms with van der Waals surface area (Å²) in [7, 11) is 1.61. The summed E-state index contributed by atoms with van der Waals surface area (Å²) in [5.41, 5.74) is 1.96. The van der Waals surface area contributed by atoms with Crippen LogP contribution in [-0.4, -0.2) is 34.0 Å². The lowest BCUT2D eigenvalue weighted by atomic mass is 10.2. The first-order valence-electron chi connectivity index (χ1n) is 9.08. The number of hydrogen-bond donors (Lipinski definition) is 1. The topological polar surface area (TPSA) is 103 Å². The van der Waals surface area contributed by atoms with Gasteiger partial charge in [0.05, 0.1) is 25.4 Å². The number of benzene rings is 1. The van der Waals surface area contributed by atoms with Gasteiger partial charge in [0.2, 0.25) is 11.1 Å². The van der Waals surface area contributed by atoms with Gasteiger partial charge in [0.25, 0.3) is 0 Å². The maximum Gasteiger partial charge on any atom is 0.230 e. The molecule has 0 aliphatic carbocycles. The molecule has 3 aromatic heterocycles. The van der Waals surface area contributed by atoms with Crippen molar-refractivity contribution in [2.24, 2.45) is 0 Å². The molecule has 0 aliphatic rings. The lowest BCUT2D eigenvalue weighted by Crippen LogP contribution is -2.24. The van der Waals surface area contributed by atoms with Crippen molar-refractivity contribution in [3.05, 3.63) is 66.6 Å². The van der Waals surface area contributed by atoms with Crippen molar-refractivity contribution < 1.29 is 18.4 Å². The molecule has 0 saturated heterocycles. The van der Waals surface area contributed by atoms with Crippen molar-refractivity contribution in [3.63, 3.8) is 0 Å². The number of hydrogen-bond acceptors (Lipinski definition) is 8. The summed E-state index contributed by atoms with van der Waals surface area (Å²) in [6, 6.07) is 14.6. The van der Waals surface area contributed by atoms with Gasteiger partial charge in [0, 0.05) is 6.54 Å². The van der Waals surface area contributed by atoms with Crippen LogP contribution in [0.1, 0.15) is 5.56 Å². The number of furan rings is 2. The third-order valence-electron chi connectivity index (χ3n) is 4.16. The molecular weight excluding hydrogens is 404 g/mol. The van der Waals surface area contributed by atoms with Gasteiger partial charge in [0.1, 0.15) is 11.4 Å². The zero-order valence-corrected chi connectivity index (χ0v) is 16.9. The fourth-order valence-corrected chi connectivity index (χ4v) is 3.28. The van der Waals surface area contributed by atoms with Crippen LogP contribution in [0.15, 0.2) is 75.0 Å². The Morgan fingerprint density at radius 2 is 1.70 bits per heavy atom. The Bertz CT molecular complexity index is 1100. The summed E-state index contributed by atoms with van der Waals surface area (Å²) < 4.78 is 16.0. The number of nitrogens with zero attached hydrogens (tertiary/aromatic N) is 3. The van der Waals surface area contributed by atoms with E-state index in [1.165, 1.54) is 11.8 Å². The Morgan fingerprint density at radius 1 is 1.00 bits per heavy atom. The molecule has 0 radical (unpaired) electrons. The molecule has 152 valence electrons. The number of methoxy groups -OCH3 is 1. The minimum absolute atomic E-state index is 0.130. The van der Waals surface area contributed by atoms with E-state index in [9.17, 15) is 4.79 Å². The molecule has 1 N–H and O–H groups in total. The molecule has 1 aromatic carbocycles. The monoisotopic (exact) mass is 422 g/mol. The molecule has 0 saturated carbocycles. The Morgan fingerprint density at radius 3 is 2.33 bits per heavy atom. The average Bonchev–Trinajstić information content (AvgIpc) is 3.51. The highest BCUT2D eigenvalue weighted by molar-refractivity contribution is 7.99. The van der Waals surface area contributed by atoms with Crippen LogP contribution < -0.4 is 10.1 Å². The molecule has 3 heterocycles. The minimum Gasteiger partial charge on any atom is -0.497 e. The highest BCUT2D eigenvalue weighted by atomic mass is 32.2. The van der Waals surface area contributed by atoms with E-state index in [1.807, 2.05) is 24.3 Å². The molecule has 4 rings (SSSR count). The lowest BCUT2D eigenvalue weighted by Gasteiger charge is -2.07. The summed E-state index contributed by atoms with van der Waals surface area (Å²) in [5, 5.41) is 11.6. The Labute approximate surface area is 176 Å². The van der Waals surface area contributed by atoms with Gasteiger partial charge < -0.3 is 18.9 Å². The second kappa shape index (κ2) is 9.27. The smallest absolute Gasteiger partial charge is 0.230 e. The summed E-state index contributed by atoms with van der Waals surface area (Å²) in [6.45, 7) is 0.428. The fraction of sp³-hybridized carbons (Fsp3) is 0.143. The minimum atomic E-state index is -0.130. The summed E-state index contributed by atoms with van der Waals surface area (Å²) in [6.07, 6.45) is 3.11. The van der Waals surface area contributed by atoms with Crippen LogP contribution in [0.2, 0.25) is 0 Å². The highest BCUT2D eigenvalue weighted by Gasteiger charge is 2.18. The second-order valence-electron chi connectivity index (χ2n) is 6.16. The van der Waals surface area contributed by atoms with Crippen LogP contribution in [0.5, 0.6) is 5.75 Å². The van der Waals surface area contributed by atoms with E-state index in [0.717, 1.165) is 11.3 Å². The Balaban J connectivity index is 1.40. The molecule has 30 heavy (non-hydrogen) atoms. The van der Waals surface area contributed by atoms with Crippen LogP contribution in [-0.2, 0) is 11.3 Å². The first kappa shape index (κ1) is 19.7. The van der Waals surface area contributed by atoms with Crippen molar-refractivity contribution in [3.8, 4) is 28.7 Å². The zero-order valence-electron chi connectivity index (χ0n) is 16.1. The van der Waals surface area contributed by atoms with Crippen molar-refractivity contribution in [2.75, 3.05) is 12.9 Å². The molecule has 0 fully saturated rings. The van der Waals surface area contributed by atoms with E-state index in [0.29, 0.717) is 34.6 Å². The molecule has 1 amide bonds. The normalized spacial score (nSPS) is 10.7. The molecule has 9 heteroatoms. The van der Waals surface area contributed by atoms with Gasteiger partial charge in [-0.15, -0.1) is 10.2 Å². The number of ether oxygens (including phenoxy) is 1.